The van der Waals surface area contributed by atoms with E-state index in [0.717, 1.165) is 37.5 Å². The number of nitrogens with one attached hydrogen (secondary N) is 1. The number of aryl methyl sites for hydroxylation is 1. The van der Waals surface area contributed by atoms with E-state index in [9.17, 15) is 10.1 Å². The Morgan fingerprint density at radius 2 is 2.30 bits per heavy atom. The molecule has 1 aliphatic rings. The Morgan fingerprint density at radius 3 is 3.04 bits per heavy atom. The molecular weight excluding hydrogens is 298 g/mol. The van der Waals surface area contributed by atoms with Gasteiger partial charge in [-0.2, -0.15) is 5.26 Å². The molecule has 0 aromatic carbocycles. The molecule has 1 aliphatic heterocycles. The lowest BCUT2D eigenvalue weighted by Gasteiger charge is -2.19. The van der Waals surface area contributed by atoms with Crippen LogP contribution in [0, 0.1) is 21.4 Å². The molecule has 3 heterocycles. The molecule has 1 N–H and O–H groups in total. The van der Waals surface area contributed by atoms with Gasteiger partial charge in [0.15, 0.2) is 5.82 Å². The molecule has 0 saturated heterocycles. The highest BCUT2D eigenvalue weighted by atomic mass is 16.6. The van der Waals surface area contributed by atoms with E-state index < -0.39 is 4.92 Å². The lowest BCUT2D eigenvalue weighted by atomic mass is 10.1. The number of pyridine rings is 1. The molecule has 23 heavy (non-hydrogen) atoms. The molecule has 0 saturated carbocycles. The van der Waals surface area contributed by atoms with Crippen molar-refractivity contribution in [3.8, 4) is 6.07 Å². The van der Waals surface area contributed by atoms with Crippen LogP contribution in [0.2, 0.25) is 0 Å². The molecular formula is C14H15N7O2. The number of nitrogens with zero attached hydrogens (tertiary/aromatic N) is 6. The van der Waals surface area contributed by atoms with Gasteiger partial charge in [-0.05, 0) is 25.8 Å². The maximum Gasteiger partial charge on any atom is 0.328 e. The van der Waals surface area contributed by atoms with Gasteiger partial charge in [0, 0.05) is 19.2 Å². The first-order valence-corrected chi connectivity index (χ1v) is 7.34. The molecule has 0 fully saturated rings. The summed E-state index contributed by atoms with van der Waals surface area (Å²) < 4.78 is 2.04. The van der Waals surface area contributed by atoms with Gasteiger partial charge < -0.3 is 9.88 Å². The number of aromatic nitrogens is 4. The van der Waals surface area contributed by atoms with E-state index in [2.05, 4.69) is 20.5 Å². The van der Waals surface area contributed by atoms with Gasteiger partial charge in [-0.15, -0.1) is 10.2 Å². The molecule has 1 atom stereocenters. The van der Waals surface area contributed by atoms with Crippen molar-refractivity contribution in [1.82, 2.24) is 19.7 Å². The van der Waals surface area contributed by atoms with Gasteiger partial charge in [0.05, 0.1) is 11.0 Å². The van der Waals surface area contributed by atoms with E-state index in [1.54, 1.807) is 0 Å². The molecule has 118 valence electrons. The van der Waals surface area contributed by atoms with E-state index in [1.807, 2.05) is 17.6 Å². The van der Waals surface area contributed by atoms with Gasteiger partial charge in [-0.25, -0.2) is 4.98 Å². The second kappa shape index (κ2) is 6.00. The molecule has 0 radical (unpaired) electrons. The van der Waals surface area contributed by atoms with Crippen molar-refractivity contribution < 1.29 is 4.92 Å². The second-order valence-electron chi connectivity index (χ2n) is 5.37. The van der Waals surface area contributed by atoms with E-state index in [1.165, 1.54) is 12.3 Å². The zero-order valence-corrected chi connectivity index (χ0v) is 12.6. The van der Waals surface area contributed by atoms with Crippen LogP contribution < -0.4 is 5.32 Å². The smallest absolute Gasteiger partial charge is 0.328 e. The van der Waals surface area contributed by atoms with Crippen LogP contribution >= 0.6 is 0 Å². The van der Waals surface area contributed by atoms with E-state index in [0.29, 0.717) is 0 Å². The molecule has 0 bridgehead atoms. The van der Waals surface area contributed by atoms with Crippen LogP contribution in [0.1, 0.15) is 43.0 Å². The van der Waals surface area contributed by atoms with Crippen molar-refractivity contribution >= 4 is 11.5 Å². The normalized spacial score (nSPS) is 14.6. The Labute approximate surface area is 132 Å². The first kappa shape index (κ1) is 14.9. The summed E-state index contributed by atoms with van der Waals surface area (Å²) in [6.45, 7) is 2.69. The quantitative estimate of drug-likeness (QED) is 0.676. The minimum Gasteiger partial charge on any atom is -0.355 e. The lowest BCUT2D eigenvalue weighted by Crippen LogP contribution is -2.19. The number of nitro groups is 1. The van der Waals surface area contributed by atoms with Crippen LogP contribution in [0.15, 0.2) is 12.3 Å². The fraction of sp³-hybridized carbons (Fsp3) is 0.429. The Bertz CT molecular complexity index is 793. The Kier molecular flexibility index (Phi) is 3.89. The van der Waals surface area contributed by atoms with Crippen molar-refractivity contribution in [1.29, 1.82) is 5.26 Å². The minimum absolute atomic E-state index is 0.0250. The molecule has 2 aromatic heterocycles. The van der Waals surface area contributed by atoms with Crippen molar-refractivity contribution in [3.63, 3.8) is 0 Å². The molecule has 9 nitrogen and oxygen atoms in total. The monoisotopic (exact) mass is 313 g/mol. The number of fused-ring (bicyclic) bond motifs is 1. The van der Waals surface area contributed by atoms with Crippen molar-refractivity contribution in [2.24, 2.45) is 0 Å². The van der Waals surface area contributed by atoms with Crippen LogP contribution in [0.4, 0.5) is 11.5 Å². The van der Waals surface area contributed by atoms with Gasteiger partial charge in [-0.1, -0.05) is 0 Å². The highest BCUT2D eigenvalue weighted by Gasteiger charge is 2.25. The molecule has 9 heteroatoms. The van der Waals surface area contributed by atoms with E-state index in [4.69, 9.17) is 5.26 Å². The fourth-order valence-corrected chi connectivity index (χ4v) is 2.76. The third kappa shape index (κ3) is 2.70. The lowest BCUT2D eigenvalue weighted by molar-refractivity contribution is -0.384. The zero-order chi connectivity index (χ0) is 16.4. The summed E-state index contributed by atoms with van der Waals surface area (Å²) in [5.41, 5.74) is -0.344. The van der Waals surface area contributed by atoms with Crippen molar-refractivity contribution in [3.05, 3.63) is 39.6 Å². The number of nitriles is 1. The van der Waals surface area contributed by atoms with Crippen molar-refractivity contribution in [2.45, 2.75) is 38.8 Å². The Balaban J connectivity index is 1.92. The molecule has 2 aromatic rings. The number of rotatable bonds is 4. The predicted molar refractivity (Wildman–Crippen MR) is 80.6 cm³/mol. The second-order valence-corrected chi connectivity index (χ2v) is 5.37. The number of hydrogen-bond donors (Lipinski definition) is 1. The van der Waals surface area contributed by atoms with Crippen LogP contribution in [0.5, 0.6) is 0 Å². The third-order valence-electron chi connectivity index (χ3n) is 3.86. The van der Waals surface area contributed by atoms with E-state index in [-0.39, 0.29) is 23.1 Å². The fourth-order valence-electron chi connectivity index (χ4n) is 2.76. The van der Waals surface area contributed by atoms with Gasteiger partial charge in [-0.3, -0.25) is 10.1 Å². The minimum atomic E-state index is -0.597. The summed E-state index contributed by atoms with van der Waals surface area (Å²) in [5.74, 6) is 1.72. The standard InChI is InChI=1S/C14H15N7O2/c1-9(14-19-18-11-4-2-3-7-20(11)14)17-13-12(21(22)23)10(8-15)5-6-16-13/h5-6,9H,2-4,7H2,1H3,(H,16,17). The summed E-state index contributed by atoms with van der Waals surface area (Å²) in [6.07, 6.45) is 4.42. The maximum atomic E-state index is 11.2. The zero-order valence-electron chi connectivity index (χ0n) is 12.6. The van der Waals surface area contributed by atoms with Gasteiger partial charge >= 0.3 is 5.69 Å². The molecule has 0 spiro atoms. The third-order valence-corrected chi connectivity index (χ3v) is 3.86. The van der Waals surface area contributed by atoms with Crippen LogP contribution in [0.3, 0.4) is 0 Å². The molecule has 0 aliphatic carbocycles. The molecule has 0 amide bonds. The summed E-state index contributed by atoms with van der Waals surface area (Å²) in [7, 11) is 0. The topological polar surface area (TPSA) is 123 Å². The summed E-state index contributed by atoms with van der Waals surface area (Å²) in [6, 6.07) is 2.84. The molecule has 1 unspecified atom stereocenters. The highest BCUT2D eigenvalue weighted by molar-refractivity contribution is 5.64. The van der Waals surface area contributed by atoms with Crippen molar-refractivity contribution in [2.75, 3.05) is 5.32 Å². The highest BCUT2D eigenvalue weighted by Crippen LogP contribution is 2.29. The van der Waals surface area contributed by atoms with Gasteiger partial charge in [0.2, 0.25) is 5.82 Å². The Morgan fingerprint density at radius 1 is 1.48 bits per heavy atom. The van der Waals surface area contributed by atoms with Crippen LogP contribution in [0.25, 0.3) is 0 Å². The predicted octanol–water partition coefficient (Wildman–Crippen LogP) is 1.96. The SMILES string of the molecule is CC(Nc1nccc(C#N)c1[N+](=O)[O-])c1nnc2n1CCCC2. The maximum absolute atomic E-state index is 11.2. The molecule has 3 rings (SSSR count). The van der Waals surface area contributed by atoms with Gasteiger partial charge in [0.25, 0.3) is 0 Å². The summed E-state index contributed by atoms with van der Waals surface area (Å²) >= 11 is 0. The number of anilines is 1. The van der Waals surface area contributed by atoms with Crippen LogP contribution in [-0.2, 0) is 13.0 Å². The largest absolute Gasteiger partial charge is 0.355 e. The van der Waals surface area contributed by atoms with Crippen LogP contribution in [-0.4, -0.2) is 24.7 Å². The number of hydrogen-bond acceptors (Lipinski definition) is 7. The van der Waals surface area contributed by atoms with Gasteiger partial charge in [0.1, 0.15) is 17.5 Å². The Hall–Kier alpha value is -3.02. The summed E-state index contributed by atoms with van der Waals surface area (Å²) in [4.78, 5) is 14.7. The first-order chi connectivity index (χ1) is 11.1. The van der Waals surface area contributed by atoms with E-state index >= 15 is 0 Å². The first-order valence-electron chi connectivity index (χ1n) is 7.34. The average molecular weight is 313 g/mol. The average Bonchev–Trinajstić information content (AvgIpc) is 2.98. The summed E-state index contributed by atoms with van der Waals surface area (Å²) in [5, 5.41) is 31.6.